The zero-order chi connectivity index (χ0) is 23.1. The fourth-order valence-corrected chi connectivity index (χ4v) is 3.14. The van der Waals surface area contributed by atoms with Gasteiger partial charge in [0.05, 0.1) is 12.3 Å². The first kappa shape index (κ1) is 24.5. The van der Waals surface area contributed by atoms with Gasteiger partial charge in [0.1, 0.15) is 36.2 Å². The molecule has 31 heavy (non-hydrogen) atoms. The molecule has 3 unspecified atom stereocenters. The lowest BCUT2D eigenvalue weighted by Gasteiger charge is -2.40. The van der Waals surface area contributed by atoms with Crippen molar-refractivity contribution in [2.45, 2.75) is 37.5 Å². The Labute approximate surface area is 185 Å². The molecule has 0 fully saturated rings. The smallest absolute Gasteiger partial charge is 0.266 e. The Balaban J connectivity index is 2.43. The molecule has 0 saturated carbocycles. The van der Waals surface area contributed by atoms with E-state index < -0.39 is 30.3 Å². The fourth-order valence-electron chi connectivity index (χ4n) is 2.93. The molecule has 12 heteroatoms. The maximum atomic E-state index is 11.7. The van der Waals surface area contributed by atoms with Crippen LogP contribution in [0.1, 0.15) is 19.8 Å². The van der Waals surface area contributed by atoms with Crippen LogP contribution in [0.15, 0.2) is 29.3 Å². The SMILES string of the molecule is CCCCN(C(=N)N1C(=N)C(Cl)N=C(C(N)=O)C1N)c1ccccc1OCC(O)CO. The number of para-hydroxylation sites is 2. The van der Waals surface area contributed by atoms with Crippen molar-refractivity contribution in [1.29, 1.82) is 10.8 Å². The van der Waals surface area contributed by atoms with E-state index in [1.54, 1.807) is 29.2 Å². The monoisotopic (exact) mass is 453 g/mol. The Morgan fingerprint density at radius 1 is 1.45 bits per heavy atom. The number of halogens is 1. The first-order valence-corrected chi connectivity index (χ1v) is 10.2. The molecule has 3 atom stereocenters. The minimum atomic E-state index is -1.25. The lowest BCUT2D eigenvalue weighted by Crippen LogP contribution is -2.64. The Bertz CT molecular complexity index is 850. The number of anilines is 1. The number of nitrogens with one attached hydrogen (secondary N) is 2. The number of nitrogens with two attached hydrogens (primary N) is 2. The molecule has 11 nitrogen and oxygen atoms in total. The molecule has 0 radical (unpaired) electrons. The Kier molecular flexibility index (Phi) is 8.75. The Hall–Kier alpha value is -2.73. The largest absolute Gasteiger partial charge is 0.489 e. The number of alkyl halides is 1. The van der Waals surface area contributed by atoms with Crippen LogP contribution in [0.3, 0.4) is 0 Å². The standard InChI is InChI=1S/C19H28ClN7O4/c1-2-3-8-26(12-6-4-5-7-13(12)31-10-11(29)9-28)19(24)27-16(21)14(18(23)30)25-15(20)17(27)22/h4-7,11,15-16,22,24,28-29H,2-3,8-10,21H2,1H3,(H2,23,30). The van der Waals surface area contributed by atoms with E-state index >= 15 is 0 Å². The summed E-state index contributed by atoms with van der Waals surface area (Å²) in [5.41, 5.74) is 10.5. The molecule has 1 aliphatic heterocycles. The van der Waals surface area contributed by atoms with Gasteiger partial charge < -0.3 is 31.3 Å². The van der Waals surface area contributed by atoms with Gasteiger partial charge in [0.15, 0.2) is 5.50 Å². The molecule has 2 rings (SSSR count). The van der Waals surface area contributed by atoms with E-state index in [9.17, 15) is 9.90 Å². The van der Waals surface area contributed by atoms with Crippen LogP contribution in [0.25, 0.3) is 0 Å². The van der Waals surface area contributed by atoms with Gasteiger partial charge in [0.25, 0.3) is 5.91 Å². The van der Waals surface area contributed by atoms with Crippen LogP contribution in [0.4, 0.5) is 5.69 Å². The number of aliphatic hydroxyl groups is 2. The van der Waals surface area contributed by atoms with Gasteiger partial charge in [-0.15, -0.1) is 0 Å². The van der Waals surface area contributed by atoms with Gasteiger partial charge in [-0.1, -0.05) is 37.1 Å². The van der Waals surface area contributed by atoms with Crippen molar-refractivity contribution in [2.24, 2.45) is 16.5 Å². The highest BCUT2D eigenvalue weighted by Gasteiger charge is 2.39. The molecular formula is C19H28ClN7O4. The number of ether oxygens (including phenoxy) is 1. The number of nitrogens with zero attached hydrogens (tertiary/aromatic N) is 3. The fraction of sp³-hybridized carbons (Fsp3) is 0.474. The van der Waals surface area contributed by atoms with Gasteiger partial charge in [0, 0.05) is 6.54 Å². The van der Waals surface area contributed by atoms with Crippen LogP contribution in [0.5, 0.6) is 5.75 Å². The average Bonchev–Trinajstić information content (AvgIpc) is 2.75. The van der Waals surface area contributed by atoms with E-state index in [0.717, 1.165) is 11.3 Å². The van der Waals surface area contributed by atoms with Gasteiger partial charge in [-0.3, -0.25) is 25.5 Å². The summed E-state index contributed by atoms with van der Waals surface area (Å²) in [6.07, 6.45) is -0.786. The lowest BCUT2D eigenvalue weighted by atomic mass is 10.2. The van der Waals surface area contributed by atoms with Gasteiger partial charge in [-0.25, -0.2) is 0 Å². The number of benzene rings is 1. The van der Waals surface area contributed by atoms with Crippen LogP contribution < -0.4 is 21.1 Å². The summed E-state index contributed by atoms with van der Waals surface area (Å²) >= 11 is 6.09. The van der Waals surface area contributed by atoms with Gasteiger partial charge >= 0.3 is 0 Å². The third kappa shape index (κ3) is 5.70. The number of rotatable bonds is 9. The van der Waals surface area contributed by atoms with Crippen LogP contribution in [0, 0.1) is 10.8 Å². The topological polar surface area (TPSA) is 185 Å². The summed E-state index contributed by atoms with van der Waals surface area (Å²) in [6, 6.07) is 6.85. The average molecular weight is 454 g/mol. The quantitative estimate of drug-likeness (QED) is 0.132. The van der Waals surface area contributed by atoms with E-state index in [1.165, 1.54) is 0 Å². The molecule has 0 aromatic heterocycles. The summed E-state index contributed by atoms with van der Waals surface area (Å²) in [5.74, 6) is -0.992. The number of aliphatic hydroxyl groups excluding tert-OH is 2. The van der Waals surface area contributed by atoms with Crippen molar-refractivity contribution in [1.82, 2.24) is 4.90 Å². The predicted octanol–water partition coefficient (Wildman–Crippen LogP) is 0.0287. The molecule has 0 spiro atoms. The maximum Gasteiger partial charge on any atom is 0.266 e. The number of carbonyl (C=O) groups is 1. The zero-order valence-corrected chi connectivity index (χ0v) is 17.9. The highest BCUT2D eigenvalue weighted by molar-refractivity contribution is 6.45. The second-order valence-corrected chi connectivity index (χ2v) is 7.27. The summed E-state index contributed by atoms with van der Waals surface area (Å²) in [7, 11) is 0. The minimum Gasteiger partial charge on any atom is -0.489 e. The van der Waals surface area contributed by atoms with Gasteiger partial charge in [-0.05, 0) is 18.6 Å². The van der Waals surface area contributed by atoms with E-state index in [1.807, 2.05) is 6.92 Å². The molecule has 8 N–H and O–H groups in total. The summed E-state index contributed by atoms with van der Waals surface area (Å²) in [6.45, 7) is 1.77. The number of unbranched alkanes of at least 4 members (excludes halogenated alkanes) is 1. The van der Waals surface area contributed by atoms with Gasteiger partial charge in [0.2, 0.25) is 5.96 Å². The van der Waals surface area contributed by atoms with Crippen molar-refractivity contribution in [3.05, 3.63) is 24.3 Å². The highest BCUT2D eigenvalue weighted by atomic mass is 35.5. The summed E-state index contributed by atoms with van der Waals surface area (Å²) < 4.78 is 5.65. The number of aliphatic imine (C=N–C) groups is 1. The van der Waals surface area contributed by atoms with Crippen molar-refractivity contribution >= 4 is 40.7 Å². The maximum absolute atomic E-state index is 11.7. The molecular weight excluding hydrogens is 426 g/mol. The number of carbonyl (C=O) groups excluding carboxylic acids is 1. The van der Waals surface area contributed by atoms with E-state index in [-0.39, 0.29) is 24.1 Å². The van der Waals surface area contributed by atoms with Crippen molar-refractivity contribution in [3.8, 4) is 5.75 Å². The summed E-state index contributed by atoms with van der Waals surface area (Å²) in [4.78, 5) is 18.3. The number of amidine groups is 1. The van der Waals surface area contributed by atoms with Crippen LogP contribution in [-0.2, 0) is 4.79 Å². The second-order valence-electron chi connectivity index (χ2n) is 6.86. The molecule has 0 aliphatic carbocycles. The number of hydrogen-bond acceptors (Lipinski definition) is 8. The van der Waals surface area contributed by atoms with E-state index in [0.29, 0.717) is 24.4 Å². The van der Waals surface area contributed by atoms with Crippen LogP contribution >= 0.6 is 11.6 Å². The Morgan fingerprint density at radius 2 is 2.13 bits per heavy atom. The molecule has 1 amide bonds. The number of primary amides is 1. The molecule has 0 saturated heterocycles. The number of guanidine groups is 1. The van der Waals surface area contributed by atoms with Crippen LogP contribution in [0.2, 0.25) is 0 Å². The van der Waals surface area contributed by atoms with Crippen molar-refractivity contribution < 1.29 is 19.7 Å². The first-order chi connectivity index (χ1) is 14.7. The molecule has 1 aromatic rings. The Morgan fingerprint density at radius 3 is 2.74 bits per heavy atom. The third-order valence-corrected chi connectivity index (χ3v) is 4.87. The van der Waals surface area contributed by atoms with Crippen molar-refractivity contribution in [2.75, 3.05) is 24.7 Å². The van der Waals surface area contributed by atoms with E-state index in [4.69, 9.17) is 43.7 Å². The van der Waals surface area contributed by atoms with Gasteiger partial charge in [-0.2, -0.15) is 0 Å². The minimum absolute atomic E-state index is 0.149. The molecule has 1 aromatic carbocycles. The zero-order valence-electron chi connectivity index (χ0n) is 17.2. The molecule has 1 aliphatic rings. The molecule has 1 heterocycles. The first-order valence-electron chi connectivity index (χ1n) is 9.74. The predicted molar refractivity (Wildman–Crippen MR) is 119 cm³/mol. The van der Waals surface area contributed by atoms with E-state index in [2.05, 4.69) is 4.99 Å². The number of hydrogen-bond donors (Lipinski definition) is 6. The molecule has 0 bridgehead atoms. The van der Waals surface area contributed by atoms with Crippen LogP contribution in [-0.4, -0.2) is 76.1 Å². The normalized spacial score (nSPS) is 19.6. The number of amides is 1. The lowest BCUT2D eigenvalue weighted by molar-refractivity contribution is -0.112. The third-order valence-electron chi connectivity index (χ3n) is 4.57. The second kappa shape index (κ2) is 11.0. The molecule has 170 valence electrons. The van der Waals surface area contributed by atoms with Crippen molar-refractivity contribution in [3.63, 3.8) is 0 Å². The highest BCUT2D eigenvalue weighted by Crippen LogP contribution is 2.30. The summed E-state index contributed by atoms with van der Waals surface area (Å²) in [5, 5.41) is 35.8.